The minimum atomic E-state index is -0.310. The third-order valence-electron chi connectivity index (χ3n) is 4.16. The molecule has 2 fully saturated rings. The summed E-state index contributed by atoms with van der Waals surface area (Å²) in [5, 5.41) is 2.89. The molecule has 1 aliphatic carbocycles. The van der Waals surface area contributed by atoms with Crippen molar-refractivity contribution in [2.24, 2.45) is 5.92 Å². The average molecular weight is 282 g/mol. The van der Waals surface area contributed by atoms with Crippen LogP contribution in [0.15, 0.2) is 0 Å². The zero-order chi connectivity index (χ0) is 14.5. The van der Waals surface area contributed by atoms with Gasteiger partial charge < -0.3 is 15.0 Å². The van der Waals surface area contributed by atoms with Gasteiger partial charge in [-0.2, -0.15) is 0 Å². The van der Waals surface area contributed by atoms with Crippen LogP contribution in [0.4, 0.5) is 0 Å². The molecule has 20 heavy (non-hydrogen) atoms. The van der Waals surface area contributed by atoms with Crippen LogP contribution in [-0.2, 0) is 14.3 Å². The Balaban J connectivity index is 1.92. The molecule has 1 atom stereocenters. The lowest BCUT2D eigenvalue weighted by Gasteiger charge is -2.37. The monoisotopic (exact) mass is 282 g/mol. The Morgan fingerprint density at radius 3 is 2.60 bits per heavy atom. The molecule has 1 aliphatic heterocycles. The van der Waals surface area contributed by atoms with Crippen LogP contribution in [-0.4, -0.2) is 48.6 Å². The van der Waals surface area contributed by atoms with Crippen molar-refractivity contribution in [1.29, 1.82) is 0 Å². The molecule has 1 N–H and O–H groups in total. The fourth-order valence-electron chi connectivity index (χ4n) is 3.10. The Hall–Kier alpha value is -1.10. The minimum Gasteiger partial charge on any atom is -0.377 e. The molecule has 2 rings (SSSR count). The Bertz CT molecular complexity index is 351. The van der Waals surface area contributed by atoms with Crippen molar-refractivity contribution in [3.05, 3.63) is 0 Å². The standard InChI is InChI=1S/C15H26N2O3/c1-11(2)20-9-8-17-10-13(18)16-14(15(17)19)12-6-4-3-5-7-12/h11-12,14H,3-10H2,1-2H3,(H,16,18). The molecule has 0 aromatic rings. The van der Waals surface area contributed by atoms with E-state index in [1.54, 1.807) is 4.90 Å². The van der Waals surface area contributed by atoms with E-state index in [-0.39, 0.29) is 30.5 Å². The highest BCUT2D eigenvalue weighted by atomic mass is 16.5. The number of ether oxygens (including phenoxy) is 1. The van der Waals surface area contributed by atoms with E-state index in [1.165, 1.54) is 19.3 Å². The zero-order valence-electron chi connectivity index (χ0n) is 12.6. The topological polar surface area (TPSA) is 58.6 Å². The number of piperazine rings is 1. The predicted octanol–water partition coefficient (Wildman–Crippen LogP) is 1.32. The van der Waals surface area contributed by atoms with Gasteiger partial charge in [-0.15, -0.1) is 0 Å². The average Bonchev–Trinajstić information content (AvgIpc) is 2.43. The molecule has 2 amide bonds. The van der Waals surface area contributed by atoms with Crippen LogP contribution >= 0.6 is 0 Å². The van der Waals surface area contributed by atoms with E-state index in [2.05, 4.69) is 5.32 Å². The van der Waals surface area contributed by atoms with Gasteiger partial charge >= 0.3 is 0 Å². The van der Waals surface area contributed by atoms with Gasteiger partial charge in [0, 0.05) is 6.54 Å². The van der Waals surface area contributed by atoms with Crippen molar-refractivity contribution in [2.75, 3.05) is 19.7 Å². The maximum atomic E-state index is 12.5. The van der Waals surface area contributed by atoms with E-state index in [4.69, 9.17) is 4.74 Å². The molecule has 2 aliphatic rings. The maximum absolute atomic E-state index is 12.5. The number of nitrogens with zero attached hydrogens (tertiary/aromatic N) is 1. The highest BCUT2D eigenvalue weighted by Gasteiger charge is 2.37. The predicted molar refractivity (Wildman–Crippen MR) is 76.2 cm³/mol. The third-order valence-corrected chi connectivity index (χ3v) is 4.16. The van der Waals surface area contributed by atoms with Crippen molar-refractivity contribution in [3.63, 3.8) is 0 Å². The van der Waals surface area contributed by atoms with Gasteiger partial charge in [-0.05, 0) is 32.6 Å². The second-order valence-electron chi connectivity index (χ2n) is 6.12. The van der Waals surface area contributed by atoms with Gasteiger partial charge in [0.05, 0.1) is 19.3 Å². The van der Waals surface area contributed by atoms with E-state index < -0.39 is 0 Å². The SMILES string of the molecule is CC(C)OCCN1CC(=O)NC(C2CCCCC2)C1=O. The molecular formula is C15H26N2O3. The second-order valence-corrected chi connectivity index (χ2v) is 6.12. The normalized spacial score (nSPS) is 25.1. The van der Waals surface area contributed by atoms with E-state index in [9.17, 15) is 9.59 Å². The summed E-state index contributed by atoms with van der Waals surface area (Å²) in [5.41, 5.74) is 0. The lowest BCUT2D eigenvalue weighted by molar-refractivity contribution is -0.147. The van der Waals surface area contributed by atoms with E-state index >= 15 is 0 Å². The van der Waals surface area contributed by atoms with Crippen molar-refractivity contribution >= 4 is 11.8 Å². The molecule has 0 bridgehead atoms. The molecule has 1 unspecified atom stereocenters. The number of amides is 2. The fraction of sp³-hybridized carbons (Fsp3) is 0.867. The molecular weight excluding hydrogens is 256 g/mol. The molecule has 0 spiro atoms. The van der Waals surface area contributed by atoms with Gasteiger partial charge in [0.15, 0.2) is 0 Å². The summed E-state index contributed by atoms with van der Waals surface area (Å²) in [6, 6.07) is -0.310. The number of rotatable bonds is 5. The second kappa shape index (κ2) is 7.07. The van der Waals surface area contributed by atoms with Gasteiger partial charge in [-0.3, -0.25) is 9.59 Å². The van der Waals surface area contributed by atoms with Gasteiger partial charge in [-0.1, -0.05) is 19.3 Å². The summed E-state index contributed by atoms with van der Waals surface area (Å²) in [7, 11) is 0. The molecule has 0 aromatic heterocycles. The van der Waals surface area contributed by atoms with Crippen LogP contribution in [0.25, 0.3) is 0 Å². The molecule has 114 valence electrons. The van der Waals surface area contributed by atoms with E-state index in [0.29, 0.717) is 19.1 Å². The Labute approximate surface area is 121 Å². The highest BCUT2D eigenvalue weighted by molar-refractivity contribution is 5.95. The van der Waals surface area contributed by atoms with Crippen LogP contribution in [0.1, 0.15) is 46.0 Å². The smallest absolute Gasteiger partial charge is 0.245 e. The first-order chi connectivity index (χ1) is 9.58. The van der Waals surface area contributed by atoms with Crippen LogP contribution < -0.4 is 5.32 Å². The van der Waals surface area contributed by atoms with Crippen LogP contribution in [0.5, 0.6) is 0 Å². The van der Waals surface area contributed by atoms with Crippen LogP contribution in [0.2, 0.25) is 0 Å². The Kier molecular flexibility index (Phi) is 5.40. The lowest BCUT2D eigenvalue weighted by Crippen LogP contribution is -2.61. The maximum Gasteiger partial charge on any atom is 0.245 e. The van der Waals surface area contributed by atoms with Gasteiger partial charge in [0.2, 0.25) is 11.8 Å². The summed E-state index contributed by atoms with van der Waals surface area (Å²) in [4.78, 5) is 26.0. The lowest BCUT2D eigenvalue weighted by atomic mass is 9.82. The molecule has 5 heteroatoms. The molecule has 0 radical (unpaired) electrons. The molecule has 1 heterocycles. The number of hydrogen-bond acceptors (Lipinski definition) is 3. The summed E-state index contributed by atoms with van der Waals surface area (Å²) < 4.78 is 5.48. The quantitative estimate of drug-likeness (QED) is 0.827. The molecule has 0 aromatic carbocycles. The fourth-order valence-corrected chi connectivity index (χ4v) is 3.10. The molecule has 1 saturated heterocycles. The summed E-state index contributed by atoms with van der Waals surface area (Å²) in [5.74, 6) is 0.350. The molecule has 5 nitrogen and oxygen atoms in total. The number of carbonyl (C=O) groups excluding carboxylic acids is 2. The van der Waals surface area contributed by atoms with Crippen LogP contribution in [0.3, 0.4) is 0 Å². The summed E-state index contributed by atoms with van der Waals surface area (Å²) >= 11 is 0. The summed E-state index contributed by atoms with van der Waals surface area (Å²) in [6.45, 7) is 5.11. The number of carbonyl (C=O) groups is 2. The molecule has 1 saturated carbocycles. The minimum absolute atomic E-state index is 0.0373. The largest absolute Gasteiger partial charge is 0.377 e. The van der Waals surface area contributed by atoms with E-state index in [0.717, 1.165) is 12.8 Å². The van der Waals surface area contributed by atoms with E-state index in [1.807, 2.05) is 13.8 Å². The Morgan fingerprint density at radius 1 is 1.25 bits per heavy atom. The first kappa shape index (κ1) is 15.3. The van der Waals surface area contributed by atoms with Gasteiger partial charge in [0.25, 0.3) is 0 Å². The van der Waals surface area contributed by atoms with Crippen molar-refractivity contribution in [2.45, 2.75) is 58.1 Å². The van der Waals surface area contributed by atoms with Gasteiger partial charge in [-0.25, -0.2) is 0 Å². The Morgan fingerprint density at radius 2 is 1.95 bits per heavy atom. The van der Waals surface area contributed by atoms with Crippen LogP contribution in [0, 0.1) is 5.92 Å². The first-order valence-corrected chi connectivity index (χ1v) is 7.77. The van der Waals surface area contributed by atoms with Crippen molar-refractivity contribution in [1.82, 2.24) is 10.2 Å². The van der Waals surface area contributed by atoms with Crippen molar-refractivity contribution in [3.8, 4) is 0 Å². The number of hydrogen-bond donors (Lipinski definition) is 1. The first-order valence-electron chi connectivity index (χ1n) is 7.77. The summed E-state index contributed by atoms with van der Waals surface area (Å²) in [6.07, 6.45) is 5.83. The van der Waals surface area contributed by atoms with Gasteiger partial charge in [0.1, 0.15) is 6.04 Å². The highest BCUT2D eigenvalue weighted by Crippen LogP contribution is 2.28. The zero-order valence-corrected chi connectivity index (χ0v) is 12.6. The van der Waals surface area contributed by atoms with Crippen molar-refractivity contribution < 1.29 is 14.3 Å². The third kappa shape index (κ3) is 3.95. The number of nitrogens with one attached hydrogen (secondary N) is 1.